The van der Waals surface area contributed by atoms with E-state index in [1.807, 2.05) is 12.4 Å². The van der Waals surface area contributed by atoms with Gasteiger partial charge in [-0.2, -0.15) is 0 Å². The fourth-order valence-electron chi connectivity index (χ4n) is 3.09. The van der Waals surface area contributed by atoms with Crippen molar-refractivity contribution in [3.8, 4) is 0 Å². The van der Waals surface area contributed by atoms with E-state index in [4.69, 9.17) is 4.74 Å². The summed E-state index contributed by atoms with van der Waals surface area (Å²) in [7, 11) is 0. The Hall–Kier alpha value is -0.970. The molecule has 1 aromatic rings. The lowest BCUT2D eigenvalue weighted by atomic mass is 9.79. The molecule has 0 aromatic carbocycles. The number of nitrogens with zero attached hydrogens (tertiary/aromatic N) is 2. The Morgan fingerprint density at radius 1 is 1.24 bits per heavy atom. The van der Waals surface area contributed by atoms with Gasteiger partial charge in [0.2, 0.25) is 0 Å². The second-order valence-corrected chi connectivity index (χ2v) is 6.05. The Morgan fingerprint density at radius 3 is 2.57 bits per heavy atom. The maximum absolute atomic E-state index is 5.58. The highest BCUT2D eigenvalue weighted by atomic mass is 16.5. The van der Waals surface area contributed by atoms with Gasteiger partial charge in [0.15, 0.2) is 0 Å². The first-order valence-corrected chi connectivity index (χ1v) is 8.18. The number of hydrogen-bond acceptors (Lipinski definition) is 4. The zero-order chi connectivity index (χ0) is 15.0. The normalized spacial score (nSPS) is 18.0. The van der Waals surface area contributed by atoms with Crippen LogP contribution in [-0.2, 0) is 11.3 Å². The van der Waals surface area contributed by atoms with Crippen molar-refractivity contribution in [2.45, 2.75) is 33.2 Å². The molecule has 1 N–H and O–H groups in total. The fourth-order valence-corrected chi connectivity index (χ4v) is 3.09. The van der Waals surface area contributed by atoms with Gasteiger partial charge >= 0.3 is 0 Å². The maximum Gasteiger partial charge on any atom is 0.0472 e. The lowest BCUT2D eigenvalue weighted by molar-refractivity contribution is -0.00471. The Labute approximate surface area is 128 Å². The van der Waals surface area contributed by atoms with Crippen LogP contribution in [0.2, 0.25) is 0 Å². The fraction of sp³-hybridized carbons (Fsp3) is 0.706. The van der Waals surface area contributed by atoms with E-state index in [2.05, 4.69) is 41.2 Å². The second-order valence-electron chi connectivity index (χ2n) is 6.05. The topological polar surface area (TPSA) is 37.4 Å². The molecule has 118 valence electrons. The molecule has 4 nitrogen and oxygen atoms in total. The average Bonchev–Trinajstić information content (AvgIpc) is 2.54. The van der Waals surface area contributed by atoms with Gasteiger partial charge in [-0.1, -0.05) is 13.8 Å². The molecule has 1 fully saturated rings. The second kappa shape index (κ2) is 8.47. The number of pyridine rings is 1. The third-order valence-corrected chi connectivity index (χ3v) is 4.47. The van der Waals surface area contributed by atoms with Gasteiger partial charge in [-0.05, 0) is 49.0 Å². The minimum atomic E-state index is 0.358. The monoisotopic (exact) mass is 291 g/mol. The zero-order valence-corrected chi connectivity index (χ0v) is 13.5. The minimum absolute atomic E-state index is 0.358. The molecular weight excluding hydrogens is 262 g/mol. The van der Waals surface area contributed by atoms with Crippen LogP contribution in [0.5, 0.6) is 0 Å². The summed E-state index contributed by atoms with van der Waals surface area (Å²) >= 11 is 0. The van der Waals surface area contributed by atoms with Crippen molar-refractivity contribution in [3.63, 3.8) is 0 Å². The lowest BCUT2D eigenvalue weighted by Crippen LogP contribution is -2.47. The first kappa shape index (κ1) is 16.4. The van der Waals surface area contributed by atoms with E-state index in [-0.39, 0.29) is 0 Å². The molecule has 21 heavy (non-hydrogen) atoms. The van der Waals surface area contributed by atoms with E-state index in [1.165, 1.54) is 5.56 Å². The first-order valence-electron chi connectivity index (χ1n) is 8.18. The summed E-state index contributed by atoms with van der Waals surface area (Å²) in [5, 5.41) is 3.56. The van der Waals surface area contributed by atoms with Crippen molar-refractivity contribution >= 4 is 0 Å². The molecule has 0 bridgehead atoms. The van der Waals surface area contributed by atoms with E-state index < -0.39 is 0 Å². The van der Waals surface area contributed by atoms with Gasteiger partial charge in [0.05, 0.1) is 0 Å². The number of aromatic nitrogens is 1. The Morgan fingerprint density at radius 2 is 1.95 bits per heavy atom. The summed E-state index contributed by atoms with van der Waals surface area (Å²) in [5.41, 5.74) is 1.70. The molecule has 1 saturated heterocycles. The van der Waals surface area contributed by atoms with E-state index in [1.54, 1.807) is 0 Å². The molecule has 0 spiro atoms. The van der Waals surface area contributed by atoms with Crippen LogP contribution in [0.4, 0.5) is 0 Å². The third-order valence-electron chi connectivity index (χ3n) is 4.47. The molecule has 0 radical (unpaired) electrons. The van der Waals surface area contributed by atoms with Crippen molar-refractivity contribution in [2.24, 2.45) is 5.41 Å². The van der Waals surface area contributed by atoms with Crippen molar-refractivity contribution in [1.82, 2.24) is 15.2 Å². The molecule has 0 unspecified atom stereocenters. The third kappa shape index (κ3) is 5.06. The van der Waals surface area contributed by atoms with E-state index in [0.29, 0.717) is 5.41 Å². The Bertz CT molecular complexity index is 390. The standard InChI is InChI=1S/C17H29N3O/c1-3-18-14-17(7-11-21-12-8-17)15-20(4-2)13-16-5-9-19-10-6-16/h5-6,9-10,18H,3-4,7-8,11-15H2,1-2H3. The molecule has 2 rings (SSSR count). The zero-order valence-electron chi connectivity index (χ0n) is 13.5. The predicted octanol–water partition coefficient (Wildman–Crippen LogP) is 2.31. The van der Waals surface area contributed by atoms with Gasteiger partial charge < -0.3 is 10.1 Å². The van der Waals surface area contributed by atoms with E-state index in [9.17, 15) is 0 Å². The molecule has 4 heteroatoms. The smallest absolute Gasteiger partial charge is 0.0472 e. The lowest BCUT2D eigenvalue weighted by Gasteiger charge is -2.41. The molecule has 0 amide bonds. The van der Waals surface area contributed by atoms with Crippen molar-refractivity contribution < 1.29 is 4.74 Å². The van der Waals surface area contributed by atoms with Gasteiger partial charge in [-0.3, -0.25) is 9.88 Å². The van der Waals surface area contributed by atoms with Crippen molar-refractivity contribution in [3.05, 3.63) is 30.1 Å². The SMILES string of the molecule is CCNCC1(CN(CC)Cc2ccncc2)CCOCC1. The van der Waals surface area contributed by atoms with Crippen molar-refractivity contribution in [1.29, 1.82) is 0 Å². The van der Waals surface area contributed by atoms with Crippen LogP contribution < -0.4 is 5.32 Å². The summed E-state index contributed by atoms with van der Waals surface area (Å²) in [6.07, 6.45) is 6.08. The average molecular weight is 291 g/mol. The van der Waals surface area contributed by atoms with Crippen LogP contribution in [0.3, 0.4) is 0 Å². The van der Waals surface area contributed by atoms with E-state index >= 15 is 0 Å². The summed E-state index contributed by atoms with van der Waals surface area (Å²) in [6.45, 7) is 11.6. The molecule has 1 aliphatic heterocycles. The van der Waals surface area contributed by atoms with Gasteiger partial charge in [0.25, 0.3) is 0 Å². The van der Waals surface area contributed by atoms with Crippen LogP contribution in [0, 0.1) is 5.41 Å². The number of nitrogens with one attached hydrogen (secondary N) is 1. The molecule has 0 atom stereocenters. The van der Waals surface area contributed by atoms with Gasteiger partial charge in [0.1, 0.15) is 0 Å². The molecular formula is C17H29N3O. The molecule has 0 saturated carbocycles. The van der Waals surface area contributed by atoms with Crippen LogP contribution in [0.25, 0.3) is 0 Å². The number of hydrogen-bond donors (Lipinski definition) is 1. The quantitative estimate of drug-likeness (QED) is 0.797. The highest BCUT2D eigenvalue weighted by molar-refractivity contribution is 5.09. The number of ether oxygens (including phenoxy) is 1. The number of rotatable bonds is 8. The first-order chi connectivity index (χ1) is 10.3. The minimum Gasteiger partial charge on any atom is -0.381 e. The predicted molar refractivity (Wildman–Crippen MR) is 86.2 cm³/mol. The Kier molecular flexibility index (Phi) is 6.61. The highest BCUT2D eigenvalue weighted by Crippen LogP contribution is 2.31. The van der Waals surface area contributed by atoms with Gasteiger partial charge in [-0.25, -0.2) is 0 Å². The summed E-state index contributed by atoms with van der Waals surface area (Å²) in [6, 6.07) is 4.23. The molecule has 1 aromatic heterocycles. The highest BCUT2D eigenvalue weighted by Gasteiger charge is 2.33. The summed E-state index contributed by atoms with van der Waals surface area (Å²) in [4.78, 5) is 6.66. The van der Waals surface area contributed by atoms with Gasteiger partial charge in [0, 0.05) is 45.2 Å². The van der Waals surface area contributed by atoms with Gasteiger partial charge in [-0.15, -0.1) is 0 Å². The van der Waals surface area contributed by atoms with Crippen LogP contribution in [-0.4, -0.2) is 49.3 Å². The summed E-state index contributed by atoms with van der Waals surface area (Å²) < 4.78 is 5.58. The van der Waals surface area contributed by atoms with Crippen LogP contribution >= 0.6 is 0 Å². The molecule has 1 aliphatic rings. The largest absolute Gasteiger partial charge is 0.381 e. The van der Waals surface area contributed by atoms with Crippen LogP contribution in [0.1, 0.15) is 32.3 Å². The van der Waals surface area contributed by atoms with E-state index in [0.717, 1.165) is 58.8 Å². The summed E-state index contributed by atoms with van der Waals surface area (Å²) in [5.74, 6) is 0. The van der Waals surface area contributed by atoms with Crippen LogP contribution in [0.15, 0.2) is 24.5 Å². The molecule has 0 aliphatic carbocycles. The Balaban J connectivity index is 1.99. The molecule has 2 heterocycles. The maximum atomic E-state index is 5.58. The van der Waals surface area contributed by atoms with Crippen molar-refractivity contribution in [2.75, 3.05) is 39.4 Å².